The molecular weight excluding hydrogens is 332 g/mol. The Morgan fingerprint density at radius 1 is 1.00 bits per heavy atom. The summed E-state index contributed by atoms with van der Waals surface area (Å²) in [6, 6.07) is 0. The van der Waals surface area contributed by atoms with E-state index in [1.165, 1.54) is 51.4 Å². The van der Waals surface area contributed by atoms with E-state index in [0.717, 1.165) is 24.5 Å². The number of aliphatic hydroxyl groups is 1. The Balaban J connectivity index is 1.68. The molecule has 0 aromatic heterocycles. The molecule has 0 aromatic carbocycles. The molecule has 4 rings (SSSR count). The molecule has 1 N–H and O–H groups in total. The minimum atomic E-state index is -0.0964. The van der Waals surface area contributed by atoms with E-state index in [4.69, 9.17) is 0 Å². The van der Waals surface area contributed by atoms with Crippen molar-refractivity contribution < 1.29 is 9.90 Å². The van der Waals surface area contributed by atoms with E-state index < -0.39 is 0 Å². The van der Waals surface area contributed by atoms with E-state index in [1.807, 2.05) is 0 Å². The van der Waals surface area contributed by atoms with Gasteiger partial charge in [0.05, 0.1) is 6.10 Å². The van der Waals surface area contributed by atoms with Gasteiger partial charge >= 0.3 is 0 Å². The van der Waals surface area contributed by atoms with Gasteiger partial charge in [-0.3, -0.25) is 0 Å². The predicted octanol–water partition coefficient (Wildman–Crippen LogP) is 5.87. The Bertz CT molecular complexity index is 559. The fraction of sp³-hybridized carbons (Fsp3) is 0.960. The van der Waals surface area contributed by atoms with Gasteiger partial charge < -0.3 is 9.90 Å². The maximum absolute atomic E-state index is 11.7. The summed E-state index contributed by atoms with van der Waals surface area (Å²) in [5, 5.41) is 11.7. The number of hydrogen-bond acceptors (Lipinski definition) is 2. The van der Waals surface area contributed by atoms with Gasteiger partial charge in [-0.05, 0) is 90.8 Å². The van der Waals surface area contributed by atoms with Crippen LogP contribution in [0, 0.1) is 52.3 Å². The first-order valence-electron chi connectivity index (χ1n) is 12.0. The second-order valence-corrected chi connectivity index (χ2v) is 11.3. The van der Waals surface area contributed by atoms with Crippen molar-refractivity contribution in [3.63, 3.8) is 0 Å². The summed E-state index contributed by atoms with van der Waals surface area (Å²) in [5.74, 6) is 4.29. The Hall–Kier alpha value is -0.370. The molecule has 0 aromatic rings. The number of carbonyl (C=O) groups is 1. The smallest absolute Gasteiger partial charge is 0.120 e. The number of aliphatic hydroxyl groups excluding tert-OH is 1. The van der Waals surface area contributed by atoms with Crippen molar-refractivity contribution in [2.75, 3.05) is 0 Å². The van der Waals surface area contributed by atoms with Crippen LogP contribution in [0.2, 0.25) is 0 Å². The van der Waals surface area contributed by atoms with Gasteiger partial charge in [0.1, 0.15) is 6.29 Å². The summed E-state index contributed by atoms with van der Waals surface area (Å²) < 4.78 is 0. The van der Waals surface area contributed by atoms with Crippen molar-refractivity contribution in [2.24, 2.45) is 52.3 Å². The molecule has 0 aliphatic heterocycles. The quantitative estimate of drug-likeness (QED) is 0.625. The Morgan fingerprint density at radius 3 is 2.44 bits per heavy atom. The van der Waals surface area contributed by atoms with Gasteiger partial charge in [0.25, 0.3) is 0 Å². The molecule has 0 spiro atoms. The topological polar surface area (TPSA) is 37.3 Å². The zero-order valence-corrected chi connectivity index (χ0v) is 18.1. The van der Waals surface area contributed by atoms with Crippen molar-refractivity contribution >= 4 is 6.29 Å². The van der Waals surface area contributed by atoms with Gasteiger partial charge in [-0.1, -0.05) is 47.0 Å². The molecule has 2 nitrogen and oxygen atoms in total. The first kappa shape index (κ1) is 19.9. The Morgan fingerprint density at radius 2 is 1.74 bits per heavy atom. The number of aldehydes is 1. The zero-order valence-electron chi connectivity index (χ0n) is 18.1. The van der Waals surface area contributed by atoms with E-state index in [1.54, 1.807) is 0 Å². The Labute approximate surface area is 166 Å². The lowest BCUT2D eigenvalue weighted by Gasteiger charge is -2.64. The van der Waals surface area contributed by atoms with Gasteiger partial charge in [0, 0.05) is 6.42 Å². The monoisotopic (exact) mass is 374 g/mol. The largest absolute Gasteiger partial charge is 0.393 e. The molecule has 27 heavy (non-hydrogen) atoms. The highest BCUT2D eigenvalue weighted by atomic mass is 16.3. The SMILES string of the molecule is CC[C@H]1C(O)C2C3CC[C@H]([C@H](C)CC=O)[C@@]3(C)CCC2[C@@]2(C)CCCC[C@@H]12. The summed E-state index contributed by atoms with van der Waals surface area (Å²) in [6.07, 6.45) is 13.5. The van der Waals surface area contributed by atoms with Crippen molar-refractivity contribution in [1.29, 1.82) is 0 Å². The molecule has 0 heterocycles. The van der Waals surface area contributed by atoms with E-state index in [9.17, 15) is 9.90 Å². The summed E-state index contributed by atoms with van der Waals surface area (Å²) in [5.41, 5.74) is 0.789. The molecule has 4 saturated carbocycles. The van der Waals surface area contributed by atoms with Crippen LogP contribution >= 0.6 is 0 Å². The first-order valence-corrected chi connectivity index (χ1v) is 12.0. The van der Waals surface area contributed by atoms with Crippen LogP contribution in [0.4, 0.5) is 0 Å². The highest BCUT2D eigenvalue weighted by Crippen LogP contribution is 2.69. The van der Waals surface area contributed by atoms with Crippen LogP contribution < -0.4 is 0 Å². The second-order valence-electron chi connectivity index (χ2n) is 11.3. The Kier molecular flexibility index (Phi) is 5.28. The van der Waals surface area contributed by atoms with Gasteiger partial charge in [-0.25, -0.2) is 0 Å². The summed E-state index contributed by atoms with van der Waals surface area (Å²) in [6.45, 7) is 9.74. The van der Waals surface area contributed by atoms with Crippen LogP contribution in [-0.2, 0) is 4.79 Å². The number of rotatable bonds is 4. The molecule has 0 radical (unpaired) electrons. The van der Waals surface area contributed by atoms with Gasteiger partial charge in [0.2, 0.25) is 0 Å². The summed E-state index contributed by atoms with van der Waals surface area (Å²) >= 11 is 0. The van der Waals surface area contributed by atoms with E-state index in [0.29, 0.717) is 46.8 Å². The minimum Gasteiger partial charge on any atom is -0.393 e. The normalized spacial score (nSPS) is 53.1. The number of hydrogen-bond donors (Lipinski definition) is 1. The maximum atomic E-state index is 11.7. The summed E-state index contributed by atoms with van der Waals surface area (Å²) in [4.78, 5) is 11.2. The predicted molar refractivity (Wildman–Crippen MR) is 110 cm³/mol. The molecule has 4 aliphatic rings. The van der Waals surface area contributed by atoms with E-state index in [2.05, 4.69) is 27.7 Å². The molecule has 154 valence electrons. The lowest BCUT2D eigenvalue weighted by atomic mass is 9.41. The first-order chi connectivity index (χ1) is 12.9. The molecule has 2 heteroatoms. The van der Waals surface area contributed by atoms with Gasteiger partial charge in [-0.15, -0.1) is 0 Å². The molecule has 0 bridgehead atoms. The standard InChI is InChI=1S/C25H42O2/c1-5-17-19-8-6-7-13-24(19,3)21-11-14-25(4)18(16(2)12-15-26)9-10-20(25)22(21)23(17)27/h15-23,27H,5-14H2,1-4H3/t16-,17-,18-,19+,20?,21?,22?,23?,24+,25-/m1/s1. The van der Waals surface area contributed by atoms with Crippen molar-refractivity contribution in [3.05, 3.63) is 0 Å². The third kappa shape index (κ3) is 2.79. The average molecular weight is 375 g/mol. The lowest BCUT2D eigenvalue weighted by molar-refractivity contribution is -0.194. The molecule has 0 amide bonds. The highest BCUT2D eigenvalue weighted by molar-refractivity contribution is 5.49. The second kappa shape index (κ2) is 7.15. The molecule has 4 unspecified atom stereocenters. The highest BCUT2D eigenvalue weighted by Gasteiger charge is 2.64. The van der Waals surface area contributed by atoms with Crippen LogP contribution in [0.1, 0.15) is 91.9 Å². The van der Waals surface area contributed by atoms with Gasteiger partial charge in [-0.2, -0.15) is 0 Å². The van der Waals surface area contributed by atoms with E-state index in [-0.39, 0.29) is 6.10 Å². The minimum absolute atomic E-state index is 0.0964. The molecule has 4 aliphatic carbocycles. The maximum Gasteiger partial charge on any atom is 0.120 e. The third-order valence-electron chi connectivity index (χ3n) is 10.6. The van der Waals surface area contributed by atoms with Crippen LogP contribution in [0.3, 0.4) is 0 Å². The molecule has 0 saturated heterocycles. The van der Waals surface area contributed by atoms with Crippen molar-refractivity contribution in [3.8, 4) is 0 Å². The average Bonchev–Trinajstić information content (AvgIpc) is 3.00. The van der Waals surface area contributed by atoms with Crippen molar-refractivity contribution in [1.82, 2.24) is 0 Å². The van der Waals surface area contributed by atoms with Crippen LogP contribution in [-0.4, -0.2) is 17.5 Å². The fourth-order valence-corrected chi connectivity index (χ4v) is 9.33. The van der Waals surface area contributed by atoms with Crippen LogP contribution in [0.25, 0.3) is 0 Å². The van der Waals surface area contributed by atoms with Crippen LogP contribution in [0.5, 0.6) is 0 Å². The molecular formula is C25H42O2. The van der Waals surface area contributed by atoms with Crippen LogP contribution in [0.15, 0.2) is 0 Å². The molecule has 4 fully saturated rings. The van der Waals surface area contributed by atoms with Gasteiger partial charge in [0.15, 0.2) is 0 Å². The number of fused-ring (bicyclic) bond motifs is 5. The fourth-order valence-electron chi connectivity index (χ4n) is 9.33. The lowest BCUT2D eigenvalue weighted by Crippen LogP contribution is -2.61. The summed E-state index contributed by atoms with van der Waals surface area (Å²) in [7, 11) is 0. The van der Waals surface area contributed by atoms with E-state index >= 15 is 0 Å². The number of carbonyl (C=O) groups excluding carboxylic acids is 1. The third-order valence-corrected chi connectivity index (χ3v) is 10.6. The van der Waals surface area contributed by atoms with Crippen molar-refractivity contribution in [2.45, 2.75) is 98.0 Å². The zero-order chi connectivity index (χ0) is 19.4. The molecule has 10 atom stereocenters.